The lowest BCUT2D eigenvalue weighted by Gasteiger charge is -2.03. The first-order chi connectivity index (χ1) is 18.3. The monoisotopic (exact) mass is 530 g/mol. The number of thiophene rings is 1. The summed E-state index contributed by atoms with van der Waals surface area (Å²) < 4.78 is 12.2. The van der Waals surface area contributed by atoms with Gasteiger partial charge in [0.25, 0.3) is 0 Å². The van der Waals surface area contributed by atoms with Gasteiger partial charge >= 0.3 is 0 Å². The summed E-state index contributed by atoms with van der Waals surface area (Å²) in [5.74, 6) is 0. The van der Waals surface area contributed by atoms with Crippen LogP contribution in [0.3, 0.4) is 0 Å². The van der Waals surface area contributed by atoms with E-state index in [1.807, 2.05) is 29.5 Å². The van der Waals surface area contributed by atoms with Crippen molar-refractivity contribution in [2.24, 2.45) is 0 Å². The van der Waals surface area contributed by atoms with E-state index in [1.54, 1.807) is 11.3 Å². The summed E-state index contributed by atoms with van der Waals surface area (Å²) in [6.07, 6.45) is 0. The van der Waals surface area contributed by atoms with Gasteiger partial charge in [-0.25, -0.2) is 4.98 Å². The van der Waals surface area contributed by atoms with Gasteiger partial charge in [-0.15, -0.1) is 11.3 Å². The van der Waals surface area contributed by atoms with Gasteiger partial charge < -0.3 is 4.42 Å². The molecular formula is C31H15ClN2OS2. The molecule has 0 N–H and O–H groups in total. The highest BCUT2D eigenvalue weighted by molar-refractivity contribution is 7.26. The number of hydrogen-bond acceptors (Lipinski definition) is 4. The van der Waals surface area contributed by atoms with E-state index in [9.17, 15) is 0 Å². The number of fused-ring (bicyclic) bond motifs is 12. The van der Waals surface area contributed by atoms with Crippen LogP contribution >= 0.6 is 34.3 Å². The number of halogens is 1. The fraction of sp³-hybridized carbons (Fsp3) is 0. The lowest BCUT2D eigenvalue weighted by Crippen LogP contribution is -1.92. The number of thiazole rings is 1. The summed E-state index contributed by atoms with van der Waals surface area (Å²) in [4.78, 5) is 5.28. The molecule has 0 aliphatic rings. The summed E-state index contributed by atoms with van der Waals surface area (Å²) >= 11 is 10.0. The molecule has 3 nitrogen and oxygen atoms in total. The van der Waals surface area contributed by atoms with E-state index in [2.05, 4.69) is 77.4 Å². The molecule has 9 aromatic rings. The molecule has 0 radical (unpaired) electrons. The number of hydrogen-bond donors (Lipinski definition) is 0. The predicted molar refractivity (Wildman–Crippen MR) is 159 cm³/mol. The minimum absolute atomic E-state index is 0.617. The third-order valence-corrected chi connectivity index (χ3v) is 9.83. The third kappa shape index (κ3) is 2.58. The Morgan fingerprint density at radius 1 is 0.676 bits per heavy atom. The van der Waals surface area contributed by atoms with Gasteiger partial charge in [-0.2, -0.15) is 0 Å². The molecule has 0 fully saturated rings. The van der Waals surface area contributed by atoms with Crippen molar-refractivity contribution in [3.63, 3.8) is 0 Å². The number of furan rings is 1. The van der Waals surface area contributed by atoms with Crippen LogP contribution in [0, 0.1) is 0 Å². The number of para-hydroxylation sites is 2. The molecule has 0 aliphatic heterocycles. The zero-order valence-corrected chi connectivity index (χ0v) is 21.5. The normalized spacial score (nSPS) is 12.5. The number of benzene rings is 5. The van der Waals surface area contributed by atoms with Crippen LogP contribution in [0.25, 0.3) is 79.3 Å². The quantitative estimate of drug-likeness (QED) is 0.211. The zero-order valence-electron chi connectivity index (χ0n) is 19.2. The number of aromatic nitrogens is 2. The molecule has 0 saturated heterocycles. The number of rotatable bonds is 1. The van der Waals surface area contributed by atoms with Crippen molar-refractivity contribution < 1.29 is 4.42 Å². The maximum atomic E-state index is 6.47. The zero-order chi connectivity index (χ0) is 24.2. The summed E-state index contributed by atoms with van der Waals surface area (Å²) in [5.41, 5.74) is 4.85. The molecule has 0 unspecified atom stereocenters. The van der Waals surface area contributed by atoms with Gasteiger partial charge in [0, 0.05) is 31.6 Å². The fourth-order valence-corrected chi connectivity index (χ4v) is 8.20. The van der Waals surface area contributed by atoms with E-state index in [0.717, 1.165) is 37.2 Å². The second-order valence-electron chi connectivity index (χ2n) is 9.29. The average Bonchev–Trinajstić information content (AvgIpc) is 3.68. The fourth-order valence-electron chi connectivity index (χ4n) is 5.75. The molecule has 0 atom stereocenters. The Labute approximate surface area is 222 Å². The van der Waals surface area contributed by atoms with Gasteiger partial charge in [-0.05, 0) is 30.3 Å². The average molecular weight is 531 g/mol. The van der Waals surface area contributed by atoms with Gasteiger partial charge in [0.2, 0.25) is 0 Å². The molecule has 4 aromatic heterocycles. The molecular weight excluding hydrogens is 516 g/mol. The predicted octanol–water partition coefficient (Wildman–Crippen LogP) is 10.3. The van der Waals surface area contributed by atoms with Crippen LogP contribution in [0.2, 0.25) is 5.02 Å². The lowest BCUT2D eigenvalue weighted by molar-refractivity contribution is 0.669. The summed E-state index contributed by atoms with van der Waals surface area (Å²) in [6, 6.07) is 31.9. The van der Waals surface area contributed by atoms with Gasteiger partial charge in [0.05, 0.1) is 36.4 Å². The molecule has 5 aromatic carbocycles. The van der Waals surface area contributed by atoms with Crippen LogP contribution in [0.1, 0.15) is 0 Å². The molecule has 0 spiro atoms. The minimum atomic E-state index is 0.617. The highest BCUT2D eigenvalue weighted by Gasteiger charge is 2.21. The lowest BCUT2D eigenvalue weighted by atomic mass is 10.1. The maximum absolute atomic E-state index is 6.47. The Morgan fingerprint density at radius 3 is 2.43 bits per heavy atom. The smallest absolute Gasteiger partial charge is 0.195 e. The second-order valence-corrected chi connectivity index (χ2v) is 11.8. The first-order valence-corrected chi connectivity index (χ1v) is 14.0. The Kier molecular flexibility index (Phi) is 3.88. The van der Waals surface area contributed by atoms with Crippen LogP contribution < -0.4 is 0 Å². The van der Waals surface area contributed by atoms with Gasteiger partial charge in [-0.3, -0.25) is 4.57 Å². The summed E-state index contributed by atoms with van der Waals surface area (Å²) in [5, 5.41) is 8.66. The standard InChI is InChI=1S/C31H15ClN2OS2/c32-21-9-5-8-20-26-23(35-29(20)21)14-15-25-27(26)33-31(37-25)34-22-10-3-1-6-16(22)18-12-13-19-17-7-2-4-11-24(17)36-30(19)28(18)34/h1-15H. The SMILES string of the molecule is Clc1cccc2c1oc1ccc3sc(-n4c5ccccc5c5ccc6c7ccccc7sc6c54)nc3c12. The van der Waals surface area contributed by atoms with Gasteiger partial charge in [0.1, 0.15) is 5.58 Å². The van der Waals surface area contributed by atoms with Crippen LogP contribution in [-0.4, -0.2) is 9.55 Å². The molecule has 0 amide bonds. The minimum Gasteiger partial charge on any atom is -0.454 e. The van der Waals surface area contributed by atoms with E-state index < -0.39 is 0 Å². The van der Waals surface area contributed by atoms with Crippen LogP contribution in [-0.2, 0) is 0 Å². The van der Waals surface area contributed by atoms with Crippen LogP contribution in [0.15, 0.2) is 95.4 Å². The van der Waals surface area contributed by atoms with Crippen LogP contribution in [0.4, 0.5) is 0 Å². The molecule has 0 aliphatic carbocycles. The Balaban J connectivity index is 1.46. The Morgan fingerprint density at radius 2 is 1.49 bits per heavy atom. The van der Waals surface area contributed by atoms with E-state index in [-0.39, 0.29) is 0 Å². The van der Waals surface area contributed by atoms with Crippen molar-refractivity contribution in [3.8, 4) is 5.13 Å². The van der Waals surface area contributed by atoms with Gasteiger partial charge in [-0.1, -0.05) is 83.6 Å². The van der Waals surface area contributed by atoms with E-state index in [4.69, 9.17) is 21.0 Å². The van der Waals surface area contributed by atoms with Crippen molar-refractivity contribution >= 4 is 108 Å². The van der Waals surface area contributed by atoms with Crippen molar-refractivity contribution in [2.75, 3.05) is 0 Å². The van der Waals surface area contributed by atoms with Crippen molar-refractivity contribution in [2.45, 2.75) is 0 Å². The largest absolute Gasteiger partial charge is 0.454 e. The van der Waals surface area contributed by atoms with Crippen molar-refractivity contribution in [3.05, 3.63) is 96.0 Å². The molecule has 9 rings (SSSR count). The molecule has 0 saturated carbocycles. The topological polar surface area (TPSA) is 31.0 Å². The van der Waals surface area contributed by atoms with Crippen molar-refractivity contribution in [1.29, 1.82) is 0 Å². The third-order valence-electron chi connectivity index (χ3n) is 7.33. The molecule has 6 heteroatoms. The number of nitrogens with zero attached hydrogens (tertiary/aromatic N) is 2. The van der Waals surface area contributed by atoms with E-state index in [0.29, 0.717) is 10.6 Å². The first kappa shape index (κ1) is 20.2. The van der Waals surface area contributed by atoms with Crippen molar-refractivity contribution in [1.82, 2.24) is 9.55 Å². The Hall–Kier alpha value is -3.90. The van der Waals surface area contributed by atoms with Gasteiger partial charge in [0.15, 0.2) is 10.7 Å². The molecule has 0 bridgehead atoms. The summed E-state index contributed by atoms with van der Waals surface area (Å²) in [6.45, 7) is 0. The van der Waals surface area contributed by atoms with E-state index >= 15 is 0 Å². The Bertz CT molecular complexity index is 2390. The summed E-state index contributed by atoms with van der Waals surface area (Å²) in [7, 11) is 0. The highest BCUT2D eigenvalue weighted by atomic mass is 35.5. The van der Waals surface area contributed by atoms with Crippen LogP contribution in [0.5, 0.6) is 0 Å². The molecule has 4 heterocycles. The molecule has 37 heavy (non-hydrogen) atoms. The highest BCUT2D eigenvalue weighted by Crippen LogP contribution is 2.45. The maximum Gasteiger partial charge on any atom is 0.195 e. The second kappa shape index (κ2) is 7.11. The van der Waals surface area contributed by atoms with E-state index in [1.165, 1.54) is 36.5 Å². The molecule has 174 valence electrons. The first-order valence-electron chi connectivity index (χ1n) is 12.0.